The molecule has 0 fully saturated rings. The van der Waals surface area contributed by atoms with E-state index in [1.54, 1.807) is 0 Å². The van der Waals surface area contributed by atoms with E-state index < -0.39 is 0 Å². The molecule has 2 aromatic rings. The average Bonchev–Trinajstić information content (AvgIpc) is 2.63. The van der Waals surface area contributed by atoms with Crippen LogP contribution in [0.5, 0.6) is 0 Å². The van der Waals surface area contributed by atoms with Gasteiger partial charge in [-0.15, -0.1) is 11.3 Å². The molecule has 1 N–H and O–H groups in total. The van der Waals surface area contributed by atoms with Crippen LogP contribution in [0, 0.1) is 6.92 Å². The number of hydrogen-bond acceptors (Lipinski definition) is 2. The molecule has 2 heteroatoms. The Hall–Kier alpha value is -0.860. The summed E-state index contributed by atoms with van der Waals surface area (Å²) in [5.41, 5.74) is 2.89. The van der Waals surface area contributed by atoms with E-state index >= 15 is 0 Å². The van der Waals surface area contributed by atoms with Crippen molar-refractivity contribution in [3.8, 4) is 0 Å². The Bertz CT molecular complexity index is 537. The van der Waals surface area contributed by atoms with Crippen molar-refractivity contribution < 1.29 is 0 Å². The van der Waals surface area contributed by atoms with Gasteiger partial charge >= 0.3 is 0 Å². The standard InChI is InChI=1S/C16H23NS/c1-10(2)13-6-7-15-14(8-13)12(5)16(18-15)9-17-11(3)4/h6-8,10-11,17H,9H2,1-5H3. The van der Waals surface area contributed by atoms with Crippen LogP contribution in [0.15, 0.2) is 18.2 Å². The number of hydrogen-bond donors (Lipinski definition) is 1. The minimum atomic E-state index is 0.542. The van der Waals surface area contributed by atoms with Gasteiger partial charge in [0.2, 0.25) is 0 Å². The fourth-order valence-electron chi connectivity index (χ4n) is 2.11. The van der Waals surface area contributed by atoms with Crippen molar-refractivity contribution >= 4 is 21.4 Å². The highest BCUT2D eigenvalue weighted by Crippen LogP contribution is 2.33. The molecule has 1 aromatic heterocycles. The summed E-state index contributed by atoms with van der Waals surface area (Å²) in [6.07, 6.45) is 0. The fourth-order valence-corrected chi connectivity index (χ4v) is 3.26. The summed E-state index contributed by atoms with van der Waals surface area (Å²) in [6, 6.07) is 7.45. The molecule has 0 radical (unpaired) electrons. The van der Waals surface area contributed by atoms with Crippen molar-refractivity contribution in [3.05, 3.63) is 34.2 Å². The Morgan fingerprint density at radius 2 is 1.89 bits per heavy atom. The van der Waals surface area contributed by atoms with E-state index in [0.717, 1.165) is 6.54 Å². The van der Waals surface area contributed by atoms with E-state index in [1.165, 1.54) is 26.1 Å². The first-order valence-corrected chi connectivity index (χ1v) is 7.56. The van der Waals surface area contributed by atoms with Crippen molar-refractivity contribution in [1.82, 2.24) is 5.32 Å². The average molecular weight is 261 g/mol. The van der Waals surface area contributed by atoms with E-state index in [4.69, 9.17) is 0 Å². The Morgan fingerprint density at radius 3 is 2.50 bits per heavy atom. The molecule has 0 saturated heterocycles. The second-order valence-corrected chi connectivity index (χ2v) is 6.73. The van der Waals surface area contributed by atoms with Gasteiger partial charge in [-0.25, -0.2) is 0 Å². The highest BCUT2D eigenvalue weighted by Gasteiger charge is 2.10. The van der Waals surface area contributed by atoms with Gasteiger partial charge in [0.25, 0.3) is 0 Å². The van der Waals surface area contributed by atoms with E-state index in [0.29, 0.717) is 12.0 Å². The summed E-state index contributed by atoms with van der Waals surface area (Å²) in [5, 5.41) is 4.95. The Morgan fingerprint density at radius 1 is 1.17 bits per heavy atom. The maximum absolute atomic E-state index is 3.51. The van der Waals surface area contributed by atoms with Gasteiger partial charge in [0.05, 0.1) is 0 Å². The lowest BCUT2D eigenvalue weighted by Crippen LogP contribution is -2.21. The zero-order valence-corrected chi connectivity index (χ0v) is 12.8. The second-order valence-electron chi connectivity index (χ2n) is 5.60. The van der Waals surface area contributed by atoms with Gasteiger partial charge in [0.15, 0.2) is 0 Å². The third-order valence-corrected chi connectivity index (χ3v) is 4.67. The van der Waals surface area contributed by atoms with Gasteiger partial charge in [-0.1, -0.05) is 33.8 Å². The highest BCUT2D eigenvalue weighted by atomic mass is 32.1. The van der Waals surface area contributed by atoms with Gasteiger partial charge in [-0.05, 0) is 41.5 Å². The van der Waals surface area contributed by atoms with Crippen molar-refractivity contribution in [1.29, 1.82) is 0 Å². The van der Waals surface area contributed by atoms with E-state index in [2.05, 4.69) is 58.1 Å². The minimum Gasteiger partial charge on any atom is -0.310 e. The number of rotatable bonds is 4. The van der Waals surface area contributed by atoms with Crippen LogP contribution >= 0.6 is 11.3 Å². The zero-order chi connectivity index (χ0) is 13.3. The molecule has 1 aromatic carbocycles. The summed E-state index contributed by atoms with van der Waals surface area (Å²) < 4.78 is 1.41. The quantitative estimate of drug-likeness (QED) is 0.831. The lowest BCUT2D eigenvalue weighted by Gasteiger charge is -2.07. The molecule has 0 amide bonds. The van der Waals surface area contributed by atoms with Crippen molar-refractivity contribution in [2.45, 2.75) is 53.1 Å². The molecule has 1 heterocycles. The lowest BCUT2D eigenvalue weighted by atomic mass is 10.0. The van der Waals surface area contributed by atoms with Gasteiger partial charge < -0.3 is 5.32 Å². The van der Waals surface area contributed by atoms with Crippen LogP contribution in [0.25, 0.3) is 10.1 Å². The minimum absolute atomic E-state index is 0.542. The Kier molecular flexibility index (Phi) is 4.08. The first kappa shape index (κ1) is 13.6. The van der Waals surface area contributed by atoms with Crippen LogP contribution in [0.2, 0.25) is 0 Å². The van der Waals surface area contributed by atoms with Crippen LogP contribution in [-0.2, 0) is 6.54 Å². The van der Waals surface area contributed by atoms with Crippen molar-refractivity contribution in [3.63, 3.8) is 0 Å². The van der Waals surface area contributed by atoms with Gasteiger partial charge in [-0.2, -0.15) is 0 Å². The van der Waals surface area contributed by atoms with Crippen LogP contribution in [0.4, 0.5) is 0 Å². The highest BCUT2D eigenvalue weighted by molar-refractivity contribution is 7.19. The zero-order valence-electron chi connectivity index (χ0n) is 12.0. The Balaban J connectivity index is 2.37. The van der Waals surface area contributed by atoms with Crippen LogP contribution in [-0.4, -0.2) is 6.04 Å². The maximum Gasteiger partial charge on any atom is 0.0349 e. The number of benzene rings is 1. The molecule has 1 nitrogen and oxygen atoms in total. The summed E-state index contributed by atoms with van der Waals surface area (Å²) >= 11 is 1.92. The molecule has 0 aliphatic heterocycles. The molecule has 0 spiro atoms. The monoisotopic (exact) mass is 261 g/mol. The number of fused-ring (bicyclic) bond motifs is 1. The van der Waals surface area contributed by atoms with Gasteiger partial charge in [-0.3, -0.25) is 0 Å². The lowest BCUT2D eigenvalue weighted by molar-refractivity contribution is 0.592. The molecule has 0 atom stereocenters. The molecular weight excluding hydrogens is 238 g/mol. The maximum atomic E-state index is 3.51. The van der Waals surface area contributed by atoms with Crippen LogP contribution < -0.4 is 5.32 Å². The van der Waals surface area contributed by atoms with Gasteiger partial charge in [0.1, 0.15) is 0 Å². The van der Waals surface area contributed by atoms with Gasteiger partial charge in [0, 0.05) is 22.2 Å². The summed E-state index contributed by atoms with van der Waals surface area (Å²) in [7, 11) is 0. The first-order chi connectivity index (χ1) is 8.49. The molecule has 98 valence electrons. The first-order valence-electron chi connectivity index (χ1n) is 6.74. The number of nitrogens with one attached hydrogen (secondary N) is 1. The number of thiophene rings is 1. The Labute approximate surface area is 114 Å². The molecule has 0 aliphatic rings. The molecule has 0 saturated carbocycles. The predicted octanol–water partition coefficient (Wildman–Crippen LogP) is 4.83. The number of aryl methyl sites for hydroxylation is 1. The van der Waals surface area contributed by atoms with Crippen molar-refractivity contribution in [2.24, 2.45) is 0 Å². The molecule has 0 aliphatic carbocycles. The molecule has 2 rings (SSSR count). The predicted molar refractivity (Wildman–Crippen MR) is 82.6 cm³/mol. The third kappa shape index (κ3) is 2.76. The summed E-state index contributed by atoms with van der Waals surface area (Å²) in [6.45, 7) is 12.1. The SMILES string of the molecule is Cc1c(CNC(C)C)sc2ccc(C(C)C)cc12. The van der Waals surface area contributed by atoms with E-state index in [1.807, 2.05) is 11.3 Å². The second kappa shape index (κ2) is 5.41. The van der Waals surface area contributed by atoms with E-state index in [9.17, 15) is 0 Å². The largest absolute Gasteiger partial charge is 0.310 e. The molecule has 0 unspecified atom stereocenters. The molecule has 0 bridgehead atoms. The van der Waals surface area contributed by atoms with Crippen LogP contribution in [0.1, 0.15) is 49.6 Å². The van der Waals surface area contributed by atoms with E-state index in [-0.39, 0.29) is 0 Å². The molecular formula is C16H23NS. The third-order valence-electron chi connectivity index (χ3n) is 3.40. The van der Waals surface area contributed by atoms with Crippen molar-refractivity contribution in [2.75, 3.05) is 0 Å². The normalized spacial score (nSPS) is 11.9. The summed E-state index contributed by atoms with van der Waals surface area (Å²) in [4.78, 5) is 1.47. The molecule has 18 heavy (non-hydrogen) atoms. The van der Waals surface area contributed by atoms with Crippen LogP contribution in [0.3, 0.4) is 0 Å². The summed E-state index contributed by atoms with van der Waals surface area (Å²) in [5.74, 6) is 0.603. The fraction of sp³-hybridized carbons (Fsp3) is 0.500. The smallest absolute Gasteiger partial charge is 0.0349 e. The topological polar surface area (TPSA) is 12.0 Å².